The van der Waals surface area contributed by atoms with Crippen molar-refractivity contribution >= 4 is 0 Å². The molecule has 0 spiro atoms. The molecule has 1 aromatic rings. The number of nitrogens with one attached hydrogen (secondary N) is 1. The van der Waals surface area contributed by atoms with Crippen LogP contribution in [0.5, 0.6) is 0 Å². The second kappa shape index (κ2) is 4.90. The normalized spacial score (nSPS) is 14.2. The smallest absolute Gasteiger partial charge is 0.267 e. The van der Waals surface area contributed by atoms with E-state index in [1.165, 1.54) is 4.68 Å². The van der Waals surface area contributed by atoms with Gasteiger partial charge in [-0.3, -0.25) is 4.79 Å². The fourth-order valence-corrected chi connectivity index (χ4v) is 1.83. The van der Waals surface area contributed by atoms with Gasteiger partial charge in [0.05, 0.1) is 11.8 Å². The number of hydrogen-bond acceptors (Lipinski definition) is 4. The van der Waals surface area contributed by atoms with Crippen molar-refractivity contribution in [2.45, 2.75) is 32.4 Å². The highest BCUT2D eigenvalue weighted by molar-refractivity contribution is 5.20. The van der Waals surface area contributed by atoms with Crippen molar-refractivity contribution in [3.05, 3.63) is 27.7 Å². The summed E-state index contributed by atoms with van der Waals surface area (Å²) in [6.45, 7) is 2.18. The Kier molecular flexibility index (Phi) is 3.32. The van der Waals surface area contributed by atoms with E-state index in [1.807, 2.05) is 0 Å². The Morgan fingerprint density at radius 1 is 1.62 bits per heavy atom. The topological polar surface area (TPSA) is 70.7 Å². The van der Waals surface area contributed by atoms with Gasteiger partial charge in [-0.15, -0.1) is 0 Å². The molecule has 16 heavy (non-hydrogen) atoms. The molecule has 0 radical (unpaired) electrons. The molecular weight excluding hydrogens is 204 g/mol. The average molecular weight is 218 g/mol. The van der Waals surface area contributed by atoms with E-state index < -0.39 is 0 Å². The highest BCUT2D eigenvalue weighted by Crippen LogP contribution is 2.07. The molecule has 0 fully saturated rings. The van der Waals surface area contributed by atoms with E-state index in [1.54, 1.807) is 6.07 Å². The molecular formula is C11H14N4O. The zero-order valence-corrected chi connectivity index (χ0v) is 9.07. The molecule has 2 heterocycles. The average Bonchev–Trinajstić information content (AvgIpc) is 2.30. The third-order valence-electron chi connectivity index (χ3n) is 2.68. The first-order valence-corrected chi connectivity index (χ1v) is 5.49. The monoisotopic (exact) mass is 218 g/mol. The number of aryl methyl sites for hydroxylation is 1. The molecule has 84 valence electrons. The number of nitriles is 1. The van der Waals surface area contributed by atoms with Crippen molar-refractivity contribution in [3.8, 4) is 6.07 Å². The molecule has 2 rings (SSSR count). The van der Waals surface area contributed by atoms with Gasteiger partial charge in [-0.25, -0.2) is 4.68 Å². The van der Waals surface area contributed by atoms with E-state index in [2.05, 4.69) is 16.5 Å². The van der Waals surface area contributed by atoms with Crippen LogP contribution in [0.4, 0.5) is 0 Å². The lowest BCUT2D eigenvalue weighted by Crippen LogP contribution is -2.31. The SMILES string of the molecule is N#CCCCn1nc2c(cc1=O)CNCC2. The zero-order chi connectivity index (χ0) is 11.4. The Bertz CT molecular complexity index is 472. The van der Waals surface area contributed by atoms with Crippen LogP contribution < -0.4 is 10.9 Å². The fourth-order valence-electron chi connectivity index (χ4n) is 1.83. The summed E-state index contributed by atoms with van der Waals surface area (Å²) in [5, 5.41) is 16.0. The first kappa shape index (κ1) is 10.8. The molecule has 0 saturated heterocycles. The van der Waals surface area contributed by atoms with Crippen LogP contribution in [-0.2, 0) is 19.5 Å². The third kappa shape index (κ3) is 2.28. The summed E-state index contributed by atoms with van der Waals surface area (Å²) in [5.41, 5.74) is 1.95. The standard InChI is InChI=1S/C11H14N4O/c12-4-1-2-6-15-11(16)7-9-8-13-5-3-10(9)14-15/h7,13H,1-3,5-6,8H2. The van der Waals surface area contributed by atoms with Crippen LogP contribution in [-0.4, -0.2) is 16.3 Å². The van der Waals surface area contributed by atoms with Crippen molar-refractivity contribution in [1.82, 2.24) is 15.1 Å². The van der Waals surface area contributed by atoms with Crippen LogP contribution in [0.2, 0.25) is 0 Å². The van der Waals surface area contributed by atoms with Crippen molar-refractivity contribution in [2.24, 2.45) is 0 Å². The van der Waals surface area contributed by atoms with Crippen molar-refractivity contribution in [1.29, 1.82) is 5.26 Å². The number of aromatic nitrogens is 2. The Morgan fingerprint density at radius 2 is 2.50 bits per heavy atom. The fraction of sp³-hybridized carbons (Fsp3) is 0.545. The molecule has 0 atom stereocenters. The molecule has 0 bridgehead atoms. The molecule has 1 aliphatic heterocycles. The zero-order valence-electron chi connectivity index (χ0n) is 9.07. The van der Waals surface area contributed by atoms with Gasteiger partial charge in [-0.05, 0) is 12.0 Å². The minimum atomic E-state index is -0.0691. The van der Waals surface area contributed by atoms with Gasteiger partial charge in [0, 0.05) is 38.5 Å². The Labute approximate surface area is 93.7 Å². The van der Waals surface area contributed by atoms with E-state index in [9.17, 15) is 4.79 Å². The summed E-state index contributed by atoms with van der Waals surface area (Å²) in [6, 6.07) is 3.72. The second-order valence-electron chi connectivity index (χ2n) is 3.87. The predicted molar refractivity (Wildman–Crippen MR) is 58.8 cm³/mol. The van der Waals surface area contributed by atoms with Gasteiger partial charge >= 0.3 is 0 Å². The van der Waals surface area contributed by atoms with Gasteiger partial charge in [-0.1, -0.05) is 0 Å². The molecule has 5 heteroatoms. The van der Waals surface area contributed by atoms with E-state index >= 15 is 0 Å². The van der Waals surface area contributed by atoms with Crippen molar-refractivity contribution in [2.75, 3.05) is 6.54 Å². The maximum absolute atomic E-state index is 11.7. The maximum Gasteiger partial charge on any atom is 0.267 e. The highest BCUT2D eigenvalue weighted by Gasteiger charge is 2.12. The summed E-state index contributed by atoms with van der Waals surface area (Å²) < 4.78 is 1.47. The molecule has 0 saturated carbocycles. The largest absolute Gasteiger partial charge is 0.312 e. The van der Waals surface area contributed by atoms with Crippen molar-refractivity contribution in [3.63, 3.8) is 0 Å². The van der Waals surface area contributed by atoms with Gasteiger partial charge in [-0.2, -0.15) is 10.4 Å². The minimum absolute atomic E-state index is 0.0691. The Hall–Kier alpha value is -1.67. The van der Waals surface area contributed by atoms with Gasteiger partial charge < -0.3 is 5.32 Å². The summed E-state index contributed by atoms with van der Waals surface area (Å²) >= 11 is 0. The quantitative estimate of drug-likeness (QED) is 0.735. The summed E-state index contributed by atoms with van der Waals surface area (Å²) in [6.07, 6.45) is 2.01. The van der Waals surface area contributed by atoms with E-state index in [0.717, 1.165) is 30.8 Å². The van der Waals surface area contributed by atoms with Crippen LogP contribution in [0.15, 0.2) is 10.9 Å². The molecule has 1 aromatic heterocycles. The first-order chi connectivity index (χ1) is 7.81. The van der Waals surface area contributed by atoms with Crippen LogP contribution in [0, 0.1) is 11.3 Å². The minimum Gasteiger partial charge on any atom is -0.312 e. The molecule has 0 aliphatic carbocycles. The lowest BCUT2D eigenvalue weighted by atomic mass is 10.1. The van der Waals surface area contributed by atoms with Gasteiger partial charge in [0.1, 0.15) is 0 Å². The number of fused-ring (bicyclic) bond motifs is 1. The molecule has 0 aromatic carbocycles. The van der Waals surface area contributed by atoms with Gasteiger partial charge in [0.2, 0.25) is 0 Å². The third-order valence-corrected chi connectivity index (χ3v) is 2.68. The summed E-state index contributed by atoms with van der Waals surface area (Å²) in [4.78, 5) is 11.7. The van der Waals surface area contributed by atoms with Crippen LogP contribution >= 0.6 is 0 Å². The van der Waals surface area contributed by atoms with Crippen molar-refractivity contribution < 1.29 is 0 Å². The second-order valence-corrected chi connectivity index (χ2v) is 3.87. The first-order valence-electron chi connectivity index (χ1n) is 5.49. The predicted octanol–water partition coefficient (Wildman–Crippen LogP) is 0.193. The van der Waals surface area contributed by atoms with E-state index in [0.29, 0.717) is 19.4 Å². The summed E-state index contributed by atoms with van der Waals surface area (Å²) in [7, 11) is 0. The number of unbranched alkanes of at least 4 members (excludes halogenated alkanes) is 1. The van der Waals surface area contributed by atoms with Gasteiger partial charge in [0.25, 0.3) is 5.56 Å². The molecule has 5 nitrogen and oxygen atoms in total. The lowest BCUT2D eigenvalue weighted by Gasteiger charge is -2.16. The number of hydrogen-bond donors (Lipinski definition) is 1. The molecule has 1 aliphatic rings. The van der Waals surface area contributed by atoms with E-state index in [4.69, 9.17) is 5.26 Å². The molecule has 0 amide bonds. The van der Waals surface area contributed by atoms with Crippen LogP contribution in [0.25, 0.3) is 0 Å². The molecule has 1 N–H and O–H groups in total. The van der Waals surface area contributed by atoms with Crippen LogP contribution in [0.3, 0.4) is 0 Å². The molecule has 0 unspecified atom stereocenters. The highest BCUT2D eigenvalue weighted by atomic mass is 16.1. The maximum atomic E-state index is 11.7. The Morgan fingerprint density at radius 3 is 3.31 bits per heavy atom. The number of rotatable bonds is 3. The van der Waals surface area contributed by atoms with Gasteiger partial charge in [0.15, 0.2) is 0 Å². The Balaban J connectivity index is 2.19. The number of nitrogens with zero attached hydrogens (tertiary/aromatic N) is 3. The van der Waals surface area contributed by atoms with E-state index in [-0.39, 0.29) is 5.56 Å². The van der Waals surface area contributed by atoms with Crippen LogP contribution in [0.1, 0.15) is 24.1 Å². The summed E-state index contributed by atoms with van der Waals surface area (Å²) in [5.74, 6) is 0. The lowest BCUT2D eigenvalue weighted by molar-refractivity contribution is 0.519.